The molecule has 2 rings (SSSR count). The fourth-order valence-corrected chi connectivity index (χ4v) is 2.66. The number of quaternary nitrogens is 1. The van der Waals surface area contributed by atoms with Gasteiger partial charge >= 0.3 is 0 Å². The number of non-ortho nitro benzene ring substituents is 1. The van der Waals surface area contributed by atoms with Gasteiger partial charge in [-0.1, -0.05) is 12.1 Å². The van der Waals surface area contributed by atoms with Gasteiger partial charge < -0.3 is 19.7 Å². The lowest BCUT2D eigenvalue weighted by atomic mass is 10.1. The summed E-state index contributed by atoms with van der Waals surface area (Å²) < 4.78 is 10.7. The Morgan fingerprint density at radius 3 is 2.58 bits per heavy atom. The number of likely N-dealkylation sites (N-methyl/N-ethyl adjacent to an activating group) is 1. The van der Waals surface area contributed by atoms with Gasteiger partial charge in [0.2, 0.25) is 0 Å². The third-order valence-electron chi connectivity index (χ3n) is 3.78. The first-order valence-corrected chi connectivity index (χ1v) is 8.00. The molecule has 8 heteroatoms. The SMILES string of the molecule is COc1cccc(C[NH+](C)CC(=O)Nc2cccc([N+](=O)[O-])c2)c1OC. The smallest absolute Gasteiger partial charge is 0.279 e. The highest BCUT2D eigenvalue weighted by Crippen LogP contribution is 2.30. The van der Waals surface area contributed by atoms with E-state index in [4.69, 9.17) is 9.47 Å². The second kappa shape index (κ2) is 8.82. The summed E-state index contributed by atoms with van der Waals surface area (Å²) in [6.45, 7) is 0.756. The largest absolute Gasteiger partial charge is 0.493 e. The predicted molar refractivity (Wildman–Crippen MR) is 96.7 cm³/mol. The van der Waals surface area contributed by atoms with Crippen LogP contribution >= 0.6 is 0 Å². The Balaban J connectivity index is 2.00. The highest BCUT2D eigenvalue weighted by atomic mass is 16.6. The van der Waals surface area contributed by atoms with Gasteiger partial charge in [-0.2, -0.15) is 0 Å². The minimum atomic E-state index is -0.498. The number of ether oxygens (including phenoxy) is 2. The summed E-state index contributed by atoms with van der Waals surface area (Å²) in [5.74, 6) is 1.05. The summed E-state index contributed by atoms with van der Waals surface area (Å²) in [5.41, 5.74) is 1.26. The van der Waals surface area contributed by atoms with Crippen LogP contribution < -0.4 is 19.7 Å². The molecule has 0 spiro atoms. The second-order valence-electron chi connectivity index (χ2n) is 5.82. The van der Waals surface area contributed by atoms with Crippen LogP contribution in [0.4, 0.5) is 11.4 Å². The Morgan fingerprint density at radius 1 is 1.19 bits per heavy atom. The van der Waals surface area contributed by atoms with E-state index in [1.165, 1.54) is 18.2 Å². The average Bonchev–Trinajstić information content (AvgIpc) is 2.61. The molecule has 0 fully saturated rings. The minimum absolute atomic E-state index is 0.0652. The summed E-state index contributed by atoms with van der Waals surface area (Å²) in [5, 5.41) is 13.5. The van der Waals surface area contributed by atoms with Gasteiger partial charge in [-0.3, -0.25) is 14.9 Å². The normalized spacial score (nSPS) is 11.5. The van der Waals surface area contributed by atoms with Crippen LogP contribution in [0.3, 0.4) is 0 Å². The van der Waals surface area contributed by atoms with Crippen LogP contribution in [0, 0.1) is 10.1 Å². The highest BCUT2D eigenvalue weighted by molar-refractivity contribution is 5.91. The number of para-hydroxylation sites is 1. The maximum Gasteiger partial charge on any atom is 0.279 e. The van der Waals surface area contributed by atoms with Crippen molar-refractivity contribution in [2.75, 3.05) is 33.1 Å². The summed E-state index contributed by atoms with van der Waals surface area (Å²) >= 11 is 0. The molecule has 0 aliphatic heterocycles. The van der Waals surface area contributed by atoms with E-state index in [9.17, 15) is 14.9 Å². The standard InChI is InChI=1S/C18H21N3O5/c1-20(11-13-6-4-9-16(25-2)18(13)26-3)12-17(22)19-14-7-5-8-15(10-14)21(23)24/h4-10H,11-12H2,1-3H3,(H,19,22)/p+1. The van der Waals surface area contributed by atoms with E-state index >= 15 is 0 Å². The van der Waals surface area contributed by atoms with Gasteiger partial charge in [0.1, 0.15) is 6.54 Å². The lowest BCUT2D eigenvalue weighted by Crippen LogP contribution is -3.08. The van der Waals surface area contributed by atoms with Gasteiger partial charge in [0.15, 0.2) is 18.0 Å². The molecule has 1 unspecified atom stereocenters. The van der Waals surface area contributed by atoms with E-state index in [-0.39, 0.29) is 18.1 Å². The van der Waals surface area contributed by atoms with Crippen LogP contribution in [-0.2, 0) is 11.3 Å². The molecule has 2 N–H and O–H groups in total. The lowest BCUT2D eigenvalue weighted by molar-refractivity contribution is -0.885. The Labute approximate surface area is 151 Å². The third kappa shape index (κ3) is 4.93. The van der Waals surface area contributed by atoms with Crippen molar-refractivity contribution in [2.45, 2.75) is 6.54 Å². The molecule has 0 heterocycles. The van der Waals surface area contributed by atoms with Gasteiger partial charge in [0.25, 0.3) is 11.6 Å². The van der Waals surface area contributed by atoms with E-state index in [1.807, 2.05) is 25.2 Å². The molecule has 8 nitrogen and oxygen atoms in total. The molecule has 26 heavy (non-hydrogen) atoms. The van der Waals surface area contributed by atoms with E-state index in [2.05, 4.69) is 5.32 Å². The number of methoxy groups -OCH3 is 2. The van der Waals surface area contributed by atoms with Gasteiger partial charge in [-0.05, 0) is 18.2 Å². The van der Waals surface area contributed by atoms with Gasteiger partial charge in [0, 0.05) is 17.8 Å². The Kier molecular flexibility index (Phi) is 6.51. The first-order chi connectivity index (χ1) is 12.4. The van der Waals surface area contributed by atoms with Crippen molar-refractivity contribution in [2.24, 2.45) is 0 Å². The molecule has 1 amide bonds. The van der Waals surface area contributed by atoms with Gasteiger partial charge in [-0.15, -0.1) is 0 Å². The number of amides is 1. The molecule has 0 aliphatic carbocycles. The van der Waals surface area contributed by atoms with Crippen molar-refractivity contribution in [1.82, 2.24) is 0 Å². The summed E-state index contributed by atoms with van der Waals surface area (Å²) in [7, 11) is 5.03. The number of nitrogens with zero attached hydrogens (tertiary/aromatic N) is 1. The number of nitrogens with one attached hydrogen (secondary N) is 2. The van der Waals surface area contributed by atoms with Crippen LogP contribution in [-0.4, -0.2) is 38.6 Å². The molecular weight excluding hydrogens is 338 g/mol. The number of carbonyl (C=O) groups excluding carboxylic acids is 1. The molecule has 138 valence electrons. The summed E-state index contributed by atoms with van der Waals surface area (Å²) in [6, 6.07) is 11.5. The molecule has 0 aromatic heterocycles. The van der Waals surface area contributed by atoms with Crippen molar-refractivity contribution in [3.05, 3.63) is 58.1 Å². The maximum atomic E-state index is 12.2. The molecule has 0 saturated heterocycles. The quantitative estimate of drug-likeness (QED) is 0.546. The fraction of sp³-hybridized carbons (Fsp3) is 0.278. The van der Waals surface area contributed by atoms with Crippen LogP contribution in [0.5, 0.6) is 11.5 Å². The molecule has 1 atom stereocenters. The minimum Gasteiger partial charge on any atom is -0.493 e. The average molecular weight is 360 g/mol. The summed E-state index contributed by atoms with van der Waals surface area (Å²) in [4.78, 5) is 23.4. The topological polar surface area (TPSA) is 95.1 Å². The first-order valence-electron chi connectivity index (χ1n) is 8.00. The Hall–Kier alpha value is -3.13. The Morgan fingerprint density at radius 2 is 1.92 bits per heavy atom. The summed E-state index contributed by atoms with van der Waals surface area (Å²) in [6.07, 6.45) is 0. The zero-order chi connectivity index (χ0) is 19.1. The maximum absolute atomic E-state index is 12.2. The zero-order valence-electron chi connectivity index (χ0n) is 14.9. The lowest BCUT2D eigenvalue weighted by Gasteiger charge is -2.17. The number of nitro groups is 1. The molecule has 0 aliphatic rings. The number of hydrogen-bond acceptors (Lipinski definition) is 5. The van der Waals surface area contributed by atoms with E-state index < -0.39 is 4.92 Å². The molecular formula is C18H22N3O5+. The molecule has 2 aromatic carbocycles. The monoisotopic (exact) mass is 360 g/mol. The van der Waals surface area contributed by atoms with Gasteiger partial charge in [0.05, 0.1) is 31.8 Å². The number of nitro benzene ring substituents is 1. The number of rotatable bonds is 8. The number of anilines is 1. The van der Waals surface area contributed by atoms with Crippen LogP contribution in [0.15, 0.2) is 42.5 Å². The first kappa shape index (κ1) is 19.2. The number of benzene rings is 2. The second-order valence-corrected chi connectivity index (χ2v) is 5.82. The molecule has 0 radical (unpaired) electrons. The highest BCUT2D eigenvalue weighted by Gasteiger charge is 2.16. The van der Waals surface area contributed by atoms with Crippen LogP contribution in [0.1, 0.15) is 5.56 Å². The predicted octanol–water partition coefficient (Wildman–Crippen LogP) is 1.27. The van der Waals surface area contributed by atoms with E-state index in [1.54, 1.807) is 20.3 Å². The van der Waals surface area contributed by atoms with Gasteiger partial charge in [-0.25, -0.2) is 0 Å². The Bertz CT molecular complexity index is 794. The van der Waals surface area contributed by atoms with Crippen molar-refractivity contribution >= 4 is 17.3 Å². The third-order valence-corrected chi connectivity index (χ3v) is 3.78. The van der Waals surface area contributed by atoms with Crippen molar-refractivity contribution < 1.29 is 24.1 Å². The van der Waals surface area contributed by atoms with Crippen LogP contribution in [0.25, 0.3) is 0 Å². The van der Waals surface area contributed by atoms with Crippen molar-refractivity contribution in [1.29, 1.82) is 0 Å². The number of hydrogen-bond donors (Lipinski definition) is 2. The van der Waals surface area contributed by atoms with Crippen molar-refractivity contribution in [3.8, 4) is 11.5 Å². The van der Waals surface area contributed by atoms with E-state index in [0.29, 0.717) is 23.7 Å². The van der Waals surface area contributed by atoms with E-state index in [0.717, 1.165) is 10.5 Å². The van der Waals surface area contributed by atoms with Crippen molar-refractivity contribution in [3.63, 3.8) is 0 Å². The van der Waals surface area contributed by atoms with Crippen LogP contribution in [0.2, 0.25) is 0 Å². The zero-order valence-corrected chi connectivity index (χ0v) is 14.9. The number of carbonyl (C=O) groups is 1. The molecule has 2 aromatic rings. The molecule has 0 saturated carbocycles. The molecule has 0 bridgehead atoms. The fourth-order valence-electron chi connectivity index (χ4n) is 2.66.